The highest BCUT2D eigenvalue weighted by molar-refractivity contribution is 5.96. The third-order valence-electron chi connectivity index (χ3n) is 3.89. The second-order valence-electron chi connectivity index (χ2n) is 7.45. The minimum absolute atomic E-state index is 0.0106. The molecule has 2 heterocycles. The van der Waals surface area contributed by atoms with E-state index in [9.17, 15) is 4.79 Å². The van der Waals surface area contributed by atoms with Crippen molar-refractivity contribution in [2.24, 2.45) is 0 Å². The Morgan fingerprint density at radius 3 is 2.43 bits per heavy atom. The lowest BCUT2D eigenvalue weighted by Gasteiger charge is -2.17. The first kappa shape index (κ1) is 17.2. The predicted octanol–water partition coefficient (Wildman–Crippen LogP) is 3.13. The summed E-state index contributed by atoms with van der Waals surface area (Å²) in [5.41, 5.74) is 4.22. The lowest BCUT2D eigenvalue weighted by molar-refractivity contribution is 0.0781. The molecule has 23 heavy (non-hydrogen) atoms. The number of H-pyrrole nitrogens is 2. The molecule has 0 radical (unpaired) electrons. The van der Waals surface area contributed by atoms with Gasteiger partial charge in [-0.25, -0.2) is 0 Å². The highest BCUT2D eigenvalue weighted by Gasteiger charge is 2.24. The molecule has 2 rings (SSSR count). The molecule has 0 bridgehead atoms. The fourth-order valence-corrected chi connectivity index (χ4v) is 2.48. The van der Waals surface area contributed by atoms with Crippen LogP contribution < -0.4 is 0 Å². The van der Waals surface area contributed by atoms with Gasteiger partial charge in [0.25, 0.3) is 5.91 Å². The van der Waals surface area contributed by atoms with Gasteiger partial charge < -0.3 is 4.90 Å². The molecular weight excluding hydrogens is 290 g/mol. The van der Waals surface area contributed by atoms with E-state index in [0.29, 0.717) is 12.1 Å². The van der Waals surface area contributed by atoms with Crippen molar-refractivity contribution in [3.05, 3.63) is 34.4 Å². The Kier molecular flexibility index (Phi) is 4.63. The minimum Gasteiger partial charge on any atom is -0.336 e. The molecule has 0 aliphatic carbocycles. The Morgan fingerprint density at radius 2 is 1.91 bits per heavy atom. The predicted molar refractivity (Wildman–Crippen MR) is 90.5 cm³/mol. The van der Waals surface area contributed by atoms with Gasteiger partial charge in [-0.05, 0) is 18.9 Å². The van der Waals surface area contributed by atoms with Gasteiger partial charge in [-0.3, -0.25) is 15.0 Å². The first-order chi connectivity index (χ1) is 10.6. The molecule has 0 fully saturated rings. The largest absolute Gasteiger partial charge is 0.336 e. The van der Waals surface area contributed by atoms with Crippen LogP contribution in [0.15, 0.2) is 6.07 Å². The molecule has 0 atom stereocenters. The number of carbonyl (C=O) groups excluding carboxylic acids is 1. The standard InChI is InChI=1S/C17H27N5O/c1-10(2)15-14(11(3)18-21-15)16(23)22(7)9-12-8-13(20-19-12)17(4,5)6/h8,10H,9H2,1-7H3,(H,18,21)(H,19,20). The maximum Gasteiger partial charge on any atom is 0.257 e. The SMILES string of the molecule is Cc1[nH]nc(C(C)C)c1C(=O)N(C)Cc1cc(C(C)(C)C)n[nH]1. The summed E-state index contributed by atoms with van der Waals surface area (Å²) in [5.74, 6) is 0.179. The Balaban J connectivity index is 2.18. The van der Waals surface area contributed by atoms with Gasteiger partial charge in [-0.15, -0.1) is 0 Å². The first-order valence-corrected chi connectivity index (χ1v) is 7.96. The molecule has 2 N–H and O–H groups in total. The Morgan fingerprint density at radius 1 is 1.26 bits per heavy atom. The summed E-state index contributed by atoms with van der Waals surface area (Å²) in [4.78, 5) is 14.5. The second-order valence-corrected chi connectivity index (χ2v) is 7.45. The van der Waals surface area contributed by atoms with Crippen LogP contribution in [0.25, 0.3) is 0 Å². The molecule has 0 saturated heterocycles. The Hall–Kier alpha value is -2.11. The van der Waals surface area contributed by atoms with E-state index in [1.54, 1.807) is 11.9 Å². The fourth-order valence-electron chi connectivity index (χ4n) is 2.48. The lowest BCUT2D eigenvalue weighted by atomic mass is 9.92. The average Bonchev–Trinajstić information content (AvgIpc) is 3.04. The van der Waals surface area contributed by atoms with E-state index in [4.69, 9.17) is 0 Å². The van der Waals surface area contributed by atoms with Crippen LogP contribution in [0.1, 0.15) is 73.7 Å². The molecular formula is C17H27N5O. The molecule has 126 valence electrons. The van der Waals surface area contributed by atoms with Crippen molar-refractivity contribution < 1.29 is 4.79 Å². The topological polar surface area (TPSA) is 77.7 Å². The number of nitrogens with zero attached hydrogens (tertiary/aromatic N) is 3. The third-order valence-corrected chi connectivity index (χ3v) is 3.89. The van der Waals surface area contributed by atoms with Crippen molar-refractivity contribution in [2.45, 2.75) is 59.4 Å². The number of hydrogen-bond acceptors (Lipinski definition) is 3. The van der Waals surface area contributed by atoms with Crippen LogP contribution in [0.3, 0.4) is 0 Å². The number of amides is 1. The monoisotopic (exact) mass is 317 g/mol. The van der Waals surface area contributed by atoms with Gasteiger partial charge in [0.2, 0.25) is 0 Å². The van der Waals surface area contributed by atoms with Gasteiger partial charge in [0.05, 0.1) is 29.2 Å². The van der Waals surface area contributed by atoms with Crippen LogP contribution in [-0.2, 0) is 12.0 Å². The van der Waals surface area contributed by atoms with Crippen LogP contribution in [-0.4, -0.2) is 38.2 Å². The van der Waals surface area contributed by atoms with Crippen LogP contribution in [0.2, 0.25) is 0 Å². The van der Waals surface area contributed by atoms with Gasteiger partial charge in [-0.1, -0.05) is 34.6 Å². The maximum absolute atomic E-state index is 12.8. The quantitative estimate of drug-likeness (QED) is 0.909. The third kappa shape index (κ3) is 3.63. The van der Waals surface area contributed by atoms with E-state index in [-0.39, 0.29) is 17.2 Å². The second kappa shape index (κ2) is 6.18. The maximum atomic E-state index is 12.8. The number of nitrogens with one attached hydrogen (secondary N) is 2. The van der Waals surface area contributed by atoms with Crippen molar-refractivity contribution in [2.75, 3.05) is 7.05 Å². The number of carbonyl (C=O) groups is 1. The summed E-state index contributed by atoms with van der Waals surface area (Å²) in [6, 6.07) is 2.02. The van der Waals surface area contributed by atoms with Crippen LogP contribution in [0, 0.1) is 6.92 Å². The molecule has 0 saturated carbocycles. The van der Waals surface area contributed by atoms with Crippen molar-refractivity contribution in [3.63, 3.8) is 0 Å². The first-order valence-electron chi connectivity index (χ1n) is 7.96. The molecule has 2 aromatic rings. The Labute approximate surface area is 137 Å². The van der Waals surface area contributed by atoms with Crippen molar-refractivity contribution >= 4 is 5.91 Å². The number of hydrogen-bond donors (Lipinski definition) is 2. The number of aromatic amines is 2. The normalized spacial score (nSPS) is 12.0. The average molecular weight is 317 g/mol. The molecule has 0 spiro atoms. The van der Waals surface area contributed by atoms with E-state index in [2.05, 4.69) is 41.2 Å². The minimum atomic E-state index is -0.0214. The number of aryl methyl sites for hydroxylation is 1. The van der Waals surface area contributed by atoms with E-state index in [0.717, 1.165) is 22.8 Å². The molecule has 6 heteroatoms. The molecule has 1 amide bonds. The van der Waals surface area contributed by atoms with Crippen LogP contribution in [0.4, 0.5) is 0 Å². The summed E-state index contributed by atoms with van der Waals surface area (Å²) in [5, 5.41) is 14.6. The van der Waals surface area contributed by atoms with Gasteiger partial charge in [0, 0.05) is 18.2 Å². The lowest BCUT2D eigenvalue weighted by Crippen LogP contribution is -2.27. The van der Waals surface area contributed by atoms with Gasteiger partial charge in [0.15, 0.2) is 0 Å². The molecule has 2 aromatic heterocycles. The summed E-state index contributed by atoms with van der Waals surface area (Å²) < 4.78 is 0. The molecule has 0 aliphatic heterocycles. The summed E-state index contributed by atoms with van der Waals surface area (Å²) in [7, 11) is 1.80. The zero-order valence-electron chi connectivity index (χ0n) is 15.1. The van der Waals surface area contributed by atoms with E-state index in [1.807, 2.05) is 26.8 Å². The highest BCUT2D eigenvalue weighted by Crippen LogP contribution is 2.23. The van der Waals surface area contributed by atoms with E-state index < -0.39 is 0 Å². The van der Waals surface area contributed by atoms with Crippen molar-refractivity contribution in [1.82, 2.24) is 25.3 Å². The van der Waals surface area contributed by atoms with Gasteiger partial charge in [-0.2, -0.15) is 10.2 Å². The van der Waals surface area contributed by atoms with Crippen LogP contribution in [0.5, 0.6) is 0 Å². The zero-order valence-corrected chi connectivity index (χ0v) is 15.1. The van der Waals surface area contributed by atoms with Gasteiger partial charge in [0.1, 0.15) is 0 Å². The molecule has 0 unspecified atom stereocenters. The summed E-state index contributed by atoms with van der Waals surface area (Å²) in [6.45, 7) is 12.8. The molecule has 0 aromatic carbocycles. The number of aromatic nitrogens is 4. The van der Waals surface area contributed by atoms with Crippen molar-refractivity contribution in [3.8, 4) is 0 Å². The Bertz CT molecular complexity index is 690. The summed E-state index contributed by atoms with van der Waals surface area (Å²) >= 11 is 0. The van der Waals surface area contributed by atoms with Crippen LogP contribution >= 0.6 is 0 Å². The van der Waals surface area contributed by atoms with Crippen molar-refractivity contribution in [1.29, 1.82) is 0 Å². The van der Waals surface area contributed by atoms with E-state index >= 15 is 0 Å². The molecule has 0 aliphatic rings. The fraction of sp³-hybridized carbons (Fsp3) is 0.588. The highest BCUT2D eigenvalue weighted by atomic mass is 16.2. The van der Waals surface area contributed by atoms with Gasteiger partial charge >= 0.3 is 0 Å². The smallest absolute Gasteiger partial charge is 0.257 e. The number of rotatable bonds is 4. The zero-order chi connectivity index (χ0) is 17.4. The molecule has 6 nitrogen and oxygen atoms in total. The summed E-state index contributed by atoms with van der Waals surface area (Å²) in [6.07, 6.45) is 0. The van der Waals surface area contributed by atoms with E-state index in [1.165, 1.54) is 0 Å².